The topological polar surface area (TPSA) is 51.1 Å². The third-order valence-corrected chi connectivity index (χ3v) is 3.23. The third-order valence-electron chi connectivity index (χ3n) is 2.70. The highest BCUT2D eigenvalue weighted by Gasteiger charge is 2.06. The Morgan fingerprint density at radius 1 is 1.21 bits per heavy atom. The fourth-order valence-electron chi connectivity index (χ4n) is 1.70. The molecule has 0 spiro atoms. The van der Waals surface area contributed by atoms with Crippen LogP contribution >= 0.6 is 15.9 Å². The number of anilines is 1. The molecule has 19 heavy (non-hydrogen) atoms. The maximum absolute atomic E-state index is 11.9. The lowest BCUT2D eigenvalue weighted by Crippen LogP contribution is -2.28. The third kappa shape index (κ3) is 3.54. The second-order valence-electron chi connectivity index (χ2n) is 4.15. The zero-order valence-corrected chi connectivity index (χ0v) is 12.0. The minimum Gasteiger partial charge on any atom is -0.325 e. The van der Waals surface area contributed by atoms with Crippen LogP contribution in [0.3, 0.4) is 0 Å². The zero-order valence-electron chi connectivity index (χ0n) is 10.4. The van der Waals surface area contributed by atoms with Crippen LogP contribution in [0, 0.1) is 6.92 Å². The second-order valence-corrected chi connectivity index (χ2v) is 5.06. The van der Waals surface area contributed by atoms with Crippen LogP contribution in [-0.2, 0) is 11.3 Å². The number of hydrogen-bond donors (Lipinski definition) is 1. The maximum atomic E-state index is 11.9. The molecule has 0 unspecified atom stereocenters. The van der Waals surface area contributed by atoms with E-state index in [-0.39, 0.29) is 18.0 Å². The number of pyridine rings is 1. The molecule has 0 radical (unpaired) electrons. The molecule has 0 atom stereocenters. The van der Waals surface area contributed by atoms with Crippen LogP contribution in [0.5, 0.6) is 0 Å². The number of carbonyl (C=O) groups excluding carboxylic acids is 1. The van der Waals surface area contributed by atoms with Gasteiger partial charge in [-0.1, -0.05) is 22.0 Å². The van der Waals surface area contributed by atoms with Crippen molar-refractivity contribution in [2.75, 3.05) is 5.32 Å². The van der Waals surface area contributed by atoms with E-state index in [9.17, 15) is 9.59 Å². The number of rotatable bonds is 3. The number of nitrogens with one attached hydrogen (secondary N) is 1. The summed E-state index contributed by atoms with van der Waals surface area (Å²) in [6.45, 7) is 1.82. The number of benzene rings is 1. The van der Waals surface area contributed by atoms with E-state index in [2.05, 4.69) is 21.2 Å². The van der Waals surface area contributed by atoms with Crippen molar-refractivity contribution >= 4 is 27.5 Å². The Bertz CT molecular complexity index is 647. The summed E-state index contributed by atoms with van der Waals surface area (Å²) in [6.07, 6.45) is 0. The van der Waals surface area contributed by atoms with E-state index < -0.39 is 0 Å². The molecular formula is C14H13BrN2O2. The predicted molar refractivity (Wildman–Crippen MR) is 78.2 cm³/mol. The summed E-state index contributed by atoms with van der Waals surface area (Å²) in [4.78, 5) is 23.5. The highest BCUT2D eigenvalue weighted by atomic mass is 79.9. The molecule has 1 N–H and O–H groups in total. The molecule has 2 aromatic rings. The van der Waals surface area contributed by atoms with Gasteiger partial charge in [-0.2, -0.15) is 0 Å². The van der Waals surface area contributed by atoms with E-state index in [1.807, 2.05) is 12.1 Å². The van der Waals surface area contributed by atoms with Crippen LogP contribution < -0.4 is 10.9 Å². The molecular weight excluding hydrogens is 308 g/mol. The average molecular weight is 321 g/mol. The number of aryl methyl sites for hydroxylation is 1. The van der Waals surface area contributed by atoms with Crippen molar-refractivity contribution < 1.29 is 4.79 Å². The van der Waals surface area contributed by atoms with Gasteiger partial charge in [-0.3, -0.25) is 9.59 Å². The molecule has 4 nitrogen and oxygen atoms in total. The van der Waals surface area contributed by atoms with Crippen LogP contribution in [0.4, 0.5) is 5.69 Å². The van der Waals surface area contributed by atoms with Crippen molar-refractivity contribution in [2.24, 2.45) is 0 Å². The molecule has 0 aliphatic carbocycles. The van der Waals surface area contributed by atoms with Crippen molar-refractivity contribution in [2.45, 2.75) is 13.5 Å². The lowest BCUT2D eigenvalue weighted by molar-refractivity contribution is -0.116. The summed E-state index contributed by atoms with van der Waals surface area (Å²) in [5.74, 6) is -0.223. The second kappa shape index (κ2) is 5.84. The zero-order chi connectivity index (χ0) is 13.8. The number of halogens is 1. The van der Waals surface area contributed by atoms with E-state index >= 15 is 0 Å². The minimum absolute atomic E-state index is 0.0154. The SMILES string of the molecule is Cc1cccc(=O)n1CC(=O)Nc1ccc(Br)cc1. The number of aromatic nitrogens is 1. The fourth-order valence-corrected chi connectivity index (χ4v) is 1.97. The normalized spacial score (nSPS) is 10.2. The fraction of sp³-hybridized carbons (Fsp3) is 0.143. The summed E-state index contributed by atoms with van der Waals surface area (Å²) in [5.41, 5.74) is 1.29. The summed E-state index contributed by atoms with van der Waals surface area (Å²) >= 11 is 3.33. The Morgan fingerprint density at radius 3 is 2.53 bits per heavy atom. The monoisotopic (exact) mass is 320 g/mol. The lowest BCUT2D eigenvalue weighted by Gasteiger charge is -2.09. The molecule has 0 aliphatic rings. The first kappa shape index (κ1) is 13.5. The van der Waals surface area contributed by atoms with Crippen molar-refractivity contribution in [3.8, 4) is 0 Å². The Kier molecular flexibility index (Phi) is 4.16. The molecule has 1 amide bonds. The molecule has 2 rings (SSSR count). The quantitative estimate of drug-likeness (QED) is 0.944. The Labute approximate surface area is 119 Å². The Balaban J connectivity index is 2.10. The van der Waals surface area contributed by atoms with Crippen molar-refractivity contribution in [3.63, 3.8) is 0 Å². The predicted octanol–water partition coefficient (Wildman–Crippen LogP) is 2.56. The Morgan fingerprint density at radius 2 is 1.89 bits per heavy atom. The van der Waals surface area contributed by atoms with Gasteiger partial charge in [0, 0.05) is 21.9 Å². The van der Waals surface area contributed by atoms with E-state index in [1.165, 1.54) is 10.6 Å². The summed E-state index contributed by atoms with van der Waals surface area (Å²) in [7, 11) is 0. The van der Waals surface area contributed by atoms with E-state index in [0.717, 1.165) is 10.2 Å². The number of nitrogens with zero attached hydrogens (tertiary/aromatic N) is 1. The van der Waals surface area contributed by atoms with E-state index in [0.29, 0.717) is 5.69 Å². The minimum atomic E-state index is -0.223. The first-order valence-corrected chi connectivity index (χ1v) is 6.57. The van der Waals surface area contributed by atoms with Gasteiger partial charge in [0.1, 0.15) is 6.54 Å². The number of carbonyl (C=O) groups is 1. The highest BCUT2D eigenvalue weighted by Crippen LogP contribution is 2.14. The van der Waals surface area contributed by atoms with Gasteiger partial charge in [-0.25, -0.2) is 0 Å². The van der Waals surface area contributed by atoms with Crippen LogP contribution in [0.2, 0.25) is 0 Å². The molecule has 0 saturated carbocycles. The van der Waals surface area contributed by atoms with E-state index in [4.69, 9.17) is 0 Å². The van der Waals surface area contributed by atoms with Gasteiger partial charge in [0.25, 0.3) is 5.56 Å². The van der Waals surface area contributed by atoms with Gasteiger partial charge >= 0.3 is 0 Å². The van der Waals surface area contributed by atoms with Crippen molar-refractivity contribution in [3.05, 3.63) is 63.0 Å². The molecule has 0 aliphatic heterocycles. The Hall–Kier alpha value is -1.88. The van der Waals surface area contributed by atoms with Gasteiger partial charge in [-0.05, 0) is 37.3 Å². The van der Waals surface area contributed by atoms with Gasteiger partial charge in [0.15, 0.2) is 0 Å². The van der Waals surface area contributed by atoms with Crippen molar-refractivity contribution in [1.29, 1.82) is 0 Å². The van der Waals surface area contributed by atoms with Gasteiger partial charge < -0.3 is 9.88 Å². The maximum Gasteiger partial charge on any atom is 0.251 e. The van der Waals surface area contributed by atoms with Gasteiger partial charge in [-0.15, -0.1) is 0 Å². The van der Waals surface area contributed by atoms with Gasteiger partial charge in [0.2, 0.25) is 5.91 Å². The van der Waals surface area contributed by atoms with Crippen LogP contribution in [0.1, 0.15) is 5.69 Å². The largest absolute Gasteiger partial charge is 0.325 e. The van der Waals surface area contributed by atoms with Gasteiger partial charge in [0.05, 0.1) is 0 Å². The van der Waals surface area contributed by atoms with Crippen LogP contribution in [0.25, 0.3) is 0 Å². The molecule has 1 aromatic heterocycles. The molecule has 0 fully saturated rings. The lowest BCUT2D eigenvalue weighted by atomic mass is 10.3. The highest BCUT2D eigenvalue weighted by molar-refractivity contribution is 9.10. The summed E-state index contributed by atoms with van der Waals surface area (Å²) in [5, 5.41) is 2.75. The summed E-state index contributed by atoms with van der Waals surface area (Å²) < 4.78 is 2.38. The average Bonchev–Trinajstić information content (AvgIpc) is 2.37. The van der Waals surface area contributed by atoms with Crippen LogP contribution in [-0.4, -0.2) is 10.5 Å². The smallest absolute Gasteiger partial charge is 0.251 e. The first-order chi connectivity index (χ1) is 9.06. The molecule has 98 valence electrons. The van der Waals surface area contributed by atoms with Crippen molar-refractivity contribution in [1.82, 2.24) is 4.57 Å². The number of hydrogen-bond acceptors (Lipinski definition) is 2. The van der Waals surface area contributed by atoms with E-state index in [1.54, 1.807) is 31.2 Å². The molecule has 0 saturated heterocycles. The molecule has 1 aromatic carbocycles. The molecule has 0 bridgehead atoms. The van der Waals surface area contributed by atoms with Crippen LogP contribution in [0.15, 0.2) is 51.7 Å². The standard InChI is InChI=1S/C14H13BrN2O2/c1-10-3-2-4-14(19)17(10)9-13(18)16-12-7-5-11(15)6-8-12/h2-8H,9H2,1H3,(H,16,18). The first-order valence-electron chi connectivity index (χ1n) is 5.78. The molecule has 5 heteroatoms. The summed E-state index contributed by atoms with van der Waals surface area (Å²) in [6, 6.07) is 12.2. The number of amides is 1. The molecule has 1 heterocycles.